The number of carbonyl (C=O) groups excluding carboxylic acids is 1. The monoisotopic (exact) mass is 310 g/mol. The summed E-state index contributed by atoms with van der Waals surface area (Å²) in [6.07, 6.45) is 0.768. The van der Waals surface area contributed by atoms with Gasteiger partial charge in [-0.3, -0.25) is 0 Å². The van der Waals surface area contributed by atoms with Crippen molar-refractivity contribution in [3.8, 4) is 0 Å². The molecule has 0 spiro atoms. The summed E-state index contributed by atoms with van der Waals surface area (Å²) in [5.41, 5.74) is 0.516. The van der Waals surface area contributed by atoms with Gasteiger partial charge in [-0.15, -0.1) is 11.3 Å². The number of halogens is 2. The smallest absolute Gasteiger partial charge is 0.315 e. The van der Waals surface area contributed by atoms with E-state index >= 15 is 0 Å². The lowest BCUT2D eigenvalue weighted by Gasteiger charge is -2.15. The molecule has 0 saturated heterocycles. The maximum absolute atomic E-state index is 13.1. The zero-order valence-corrected chi connectivity index (χ0v) is 12.3. The van der Waals surface area contributed by atoms with E-state index < -0.39 is 17.7 Å². The van der Waals surface area contributed by atoms with Crippen LogP contribution < -0.4 is 10.6 Å². The average molecular weight is 310 g/mol. The van der Waals surface area contributed by atoms with Crippen molar-refractivity contribution in [2.75, 3.05) is 6.54 Å². The molecule has 2 aromatic rings. The third-order valence-electron chi connectivity index (χ3n) is 3.03. The van der Waals surface area contributed by atoms with Crippen LogP contribution in [0.4, 0.5) is 13.6 Å². The molecule has 112 valence electrons. The van der Waals surface area contributed by atoms with Crippen LogP contribution in [0, 0.1) is 11.6 Å². The average Bonchev–Trinajstić information content (AvgIpc) is 2.95. The second kappa shape index (κ2) is 7.17. The molecule has 3 nitrogen and oxygen atoms in total. The molecule has 0 saturated carbocycles. The molecule has 2 N–H and O–H groups in total. The summed E-state index contributed by atoms with van der Waals surface area (Å²) in [5, 5.41) is 7.41. The van der Waals surface area contributed by atoms with Gasteiger partial charge in [0.25, 0.3) is 0 Å². The number of hydrogen-bond acceptors (Lipinski definition) is 2. The molecule has 1 aromatic heterocycles. The fourth-order valence-electron chi connectivity index (χ4n) is 1.87. The van der Waals surface area contributed by atoms with E-state index in [2.05, 4.69) is 10.6 Å². The molecule has 6 heteroatoms. The first kappa shape index (κ1) is 15.4. The molecular formula is C15H16F2N2OS. The van der Waals surface area contributed by atoms with Crippen LogP contribution in [0.25, 0.3) is 0 Å². The van der Waals surface area contributed by atoms with Gasteiger partial charge in [0.05, 0.1) is 6.04 Å². The maximum atomic E-state index is 13.1. The molecule has 0 radical (unpaired) electrons. The van der Waals surface area contributed by atoms with Crippen LogP contribution in [-0.4, -0.2) is 12.6 Å². The van der Waals surface area contributed by atoms with Crippen LogP contribution in [0.5, 0.6) is 0 Å². The van der Waals surface area contributed by atoms with E-state index in [1.807, 2.05) is 17.5 Å². The Morgan fingerprint density at radius 3 is 2.76 bits per heavy atom. The number of amides is 2. The first-order chi connectivity index (χ1) is 10.1. The van der Waals surface area contributed by atoms with Crippen LogP contribution in [0.3, 0.4) is 0 Å². The summed E-state index contributed by atoms with van der Waals surface area (Å²) in [4.78, 5) is 12.9. The van der Waals surface area contributed by atoms with E-state index in [1.54, 1.807) is 18.3 Å². The highest BCUT2D eigenvalue weighted by molar-refractivity contribution is 7.09. The fraction of sp³-hybridized carbons (Fsp3) is 0.267. The predicted molar refractivity (Wildman–Crippen MR) is 79.3 cm³/mol. The quantitative estimate of drug-likeness (QED) is 0.870. The molecule has 1 aromatic carbocycles. The summed E-state index contributed by atoms with van der Waals surface area (Å²) in [5.74, 6) is -1.81. The molecule has 1 heterocycles. The van der Waals surface area contributed by atoms with Gasteiger partial charge in [-0.2, -0.15) is 0 Å². The second-order valence-electron chi connectivity index (χ2n) is 4.62. The van der Waals surface area contributed by atoms with Crippen molar-refractivity contribution in [3.63, 3.8) is 0 Å². The Balaban J connectivity index is 1.79. The van der Waals surface area contributed by atoms with Crippen molar-refractivity contribution in [1.29, 1.82) is 0 Å². The van der Waals surface area contributed by atoms with Crippen LogP contribution in [-0.2, 0) is 6.42 Å². The molecular weight excluding hydrogens is 294 g/mol. The number of hydrogen-bond donors (Lipinski definition) is 2. The summed E-state index contributed by atoms with van der Waals surface area (Å²) >= 11 is 1.64. The van der Waals surface area contributed by atoms with Crippen molar-refractivity contribution in [3.05, 3.63) is 57.8 Å². The molecule has 0 fully saturated rings. The first-order valence-electron chi connectivity index (χ1n) is 6.58. The van der Waals surface area contributed by atoms with Gasteiger partial charge in [0, 0.05) is 11.4 Å². The van der Waals surface area contributed by atoms with Crippen LogP contribution in [0.2, 0.25) is 0 Å². The van der Waals surface area contributed by atoms with Crippen molar-refractivity contribution in [1.82, 2.24) is 10.6 Å². The van der Waals surface area contributed by atoms with Crippen molar-refractivity contribution < 1.29 is 13.6 Å². The summed E-state index contributed by atoms with van der Waals surface area (Å²) in [7, 11) is 0. The van der Waals surface area contributed by atoms with Gasteiger partial charge < -0.3 is 10.6 Å². The Labute approximate surface area is 126 Å². The van der Waals surface area contributed by atoms with Crippen LogP contribution in [0.15, 0.2) is 35.7 Å². The van der Waals surface area contributed by atoms with Gasteiger partial charge >= 0.3 is 6.03 Å². The highest BCUT2D eigenvalue weighted by atomic mass is 32.1. The molecule has 0 aliphatic heterocycles. The number of benzene rings is 1. The normalized spacial score (nSPS) is 12.0. The standard InChI is InChI=1S/C15H16F2N2OS/c1-10(11-4-5-13(16)14(17)9-11)19-15(20)18-7-6-12-3-2-8-21-12/h2-5,8-10H,6-7H2,1H3,(H2,18,19,20). The van der Waals surface area contributed by atoms with Crippen molar-refractivity contribution in [2.24, 2.45) is 0 Å². The highest BCUT2D eigenvalue weighted by Gasteiger charge is 2.11. The zero-order chi connectivity index (χ0) is 15.2. The number of urea groups is 1. The number of nitrogens with one attached hydrogen (secondary N) is 2. The molecule has 2 rings (SSSR count). The molecule has 0 bridgehead atoms. The maximum Gasteiger partial charge on any atom is 0.315 e. The first-order valence-corrected chi connectivity index (χ1v) is 7.46. The molecule has 1 atom stereocenters. The minimum Gasteiger partial charge on any atom is -0.338 e. The Morgan fingerprint density at radius 2 is 2.10 bits per heavy atom. The third-order valence-corrected chi connectivity index (χ3v) is 3.96. The van der Waals surface area contributed by atoms with E-state index in [4.69, 9.17) is 0 Å². The summed E-state index contributed by atoms with van der Waals surface area (Å²) in [6.45, 7) is 2.24. The Hall–Kier alpha value is -1.95. The Morgan fingerprint density at radius 1 is 1.29 bits per heavy atom. The molecule has 0 aliphatic rings. The number of thiophene rings is 1. The minimum atomic E-state index is -0.917. The van der Waals surface area contributed by atoms with Gasteiger partial charge in [-0.25, -0.2) is 13.6 Å². The van der Waals surface area contributed by atoms with Crippen LogP contribution >= 0.6 is 11.3 Å². The SMILES string of the molecule is CC(NC(=O)NCCc1cccs1)c1ccc(F)c(F)c1. The molecule has 1 unspecified atom stereocenters. The second-order valence-corrected chi connectivity index (χ2v) is 5.66. The largest absolute Gasteiger partial charge is 0.338 e. The van der Waals surface area contributed by atoms with Crippen molar-refractivity contribution in [2.45, 2.75) is 19.4 Å². The lowest BCUT2D eigenvalue weighted by atomic mass is 10.1. The zero-order valence-electron chi connectivity index (χ0n) is 11.5. The molecule has 21 heavy (non-hydrogen) atoms. The van der Waals surface area contributed by atoms with Gasteiger partial charge in [0.1, 0.15) is 0 Å². The lowest BCUT2D eigenvalue weighted by molar-refractivity contribution is 0.238. The summed E-state index contributed by atoms with van der Waals surface area (Å²) < 4.78 is 26.0. The number of carbonyl (C=O) groups is 1. The van der Waals surface area contributed by atoms with E-state index in [0.717, 1.165) is 18.6 Å². The highest BCUT2D eigenvalue weighted by Crippen LogP contribution is 2.15. The minimum absolute atomic E-state index is 0.330. The Bertz CT molecular complexity index is 602. The molecule has 0 aliphatic carbocycles. The fourth-order valence-corrected chi connectivity index (χ4v) is 2.58. The van der Waals surface area contributed by atoms with Gasteiger partial charge in [-0.1, -0.05) is 12.1 Å². The lowest BCUT2D eigenvalue weighted by Crippen LogP contribution is -2.38. The van der Waals surface area contributed by atoms with E-state index in [-0.39, 0.29) is 6.03 Å². The van der Waals surface area contributed by atoms with Gasteiger partial charge in [0.15, 0.2) is 11.6 Å². The van der Waals surface area contributed by atoms with Crippen LogP contribution in [0.1, 0.15) is 23.4 Å². The topological polar surface area (TPSA) is 41.1 Å². The number of rotatable bonds is 5. The predicted octanol–water partition coefficient (Wildman–Crippen LogP) is 3.63. The van der Waals surface area contributed by atoms with E-state index in [1.165, 1.54) is 10.9 Å². The van der Waals surface area contributed by atoms with E-state index in [0.29, 0.717) is 12.1 Å². The third kappa shape index (κ3) is 4.53. The van der Waals surface area contributed by atoms with Gasteiger partial charge in [-0.05, 0) is 42.5 Å². The Kier molecular flexibility index (Phi) is 5.27. The summed E-state index contributed by atoms with van der Waals surface area (Å²) in [6, 6.07) is 6.84. The van der Waals surface area contributed by atoms with E-state index in [9.17, 15) is 13.6 Å². The van der Waals surface area contributed by atoms with Gasteiger partial charge in [0.2, 0.25) is 0 Å². The molecule has 2 amide bonds. The van der Waals surface area contributed by atoms with Crippen molar-refractivity contribution >= 4 is 17.4 Å².